The van der Waals surface area contributed by atoms with Crippen LogP contribution < -0.4 is 5.32 Å². The first-order valence-corrected chi connectivity index (χ1v) is 6.47. The van der Waals surface area contributed by atoms with Crippen molar-refractivity contribution in [1.29, 1.82) is 0 Å². The van der Waals surface area contributed by atoms with E-state index in [0.29, 0.717) is 11.4 Å². The van der Waals surface area contributed by atoms with E-state index in [0.717, 1.165) is 11.3 Å². The molecule has 0 atom stereocenters. The number of nitrogens with zero attached hydrogens (tertiary/aromatic N) is 4. The van der Waals surface area contributed by atoms with Crippen molar-refractivity contribution in [3.63, 3.8) is 0 Å². The van der Waals surface area contributed by atoms with Gasteiger partial charge in [-0.2, -0.15) is 10.2 Å². The highest BCUT2D eigenvalue weighted by atomic mass is 35.5. The lowest BCUT2D eigenvalue weighted by molar-refractivity contribution is 0.102. The van der Waals surface area contributed by atoms with Gasteiger partial charge < -0.3 is 5.32 Å². The van der Waals surface area contributed by atoms with Crippen LogP contribution in [0.2, 0.25) is 5.15 Å². The molecule has 21 heavy (non-hydrogen) atoms. The predicted molar refractivity (Wildman–Crippen MR) is 78.0 cm³/mol. The second-order valence-electron chi connectivity index (χ2n) is 4.33. The monoisotopic (exact) mass is 302 g/mol. The lowest BCUT2D eigenvalue weighted by Gasteiger charge is -1.99. The fourth-order valence-electron chi connectivity index (χ4n) is 1.82. The summed E-state index contributed by atoms with van der Waals surface area (Å²) in [5.74, 6) is 0.0487. The Bertz CT molecular complexity index is 779. The minimum Gasteiger partial charge on any atom is -0.305 e. The summed E-state index contributed by atoms with van der Waals surface area (Å²) >= 11 is 5.98. The quantitative estimate of drug-likeness (QED) is 0.775. The summed E-state index contributed by atoms with van der Waals surface area (Å²) in [7, 11) is 1.66. The van der Waals surface area contributed by atoms with Crippen molar-refractivity contribution >= 4 is 23.3 Å². The minimum absolute atomic E-state index is 0.275. The van der Waals surface area contributed by atoms with Gasteiger partial charge in [-0.3, -0.25) is 19.6 Å². The van der Waals surface area contributed by atoms with Crippen LogP contribution in [0.25, 0.3) is 11.3 Å². The number of aromatic amines is 1. The number of aromatic nitrogens is 5. The van der Waals surface area contributed by atoms with Crippen LogP contribution in [0.5, 0.6) is 0 Å². The Labute approximate surface area is 125 Å². The van der Waals surface area contributed by atoms with Gasteiger partial charge in [0.05, 0.1) is 17.5 Å². The van der Waals surface area contributed by atoms with Gasteiger partial charge in [0.15, 0.2) is 5.82 Å². The van der Waals surface area contributed by atoms with Crippen molar-refractivity contribution < 1.29 is 4.79 Å². The van der Waals surface area contributed by atoms with Crippen molar-refractivity contribution in [2.45, 2.75) is 0 Å². The molecule has 0 fully saturated rings. The molecule has 7 nitrogen and oxygen atoms in total. The number of amides is 1. The Kier molecular flexibility index (Phi) is 3.41. The average molecular weight is 303 g/mol. The van der Waals surface area contributed by atoms with Crippen molar-refractivity contribution in [2.24, 2.45) is 7.05 Å². The largest absolute Gasteiger partial charge is 0.305 e. The first-order chi connectivity index (χ1) is 10.1. The molecule has 0 aliphatic rings. The molecule has 2 N–H and O–H groups in total. The molecule has 0 spiro atoms. The molecule has 3 heterocycles. The maximum Gasteiger partial charge on any atom is 0.261 e. The molecular weight excluding hydrogens is 292 g/mol. The fraction of sp³-hybridized carbons (Fsp3) is 0.0769. The molecule has 0 saturated carbocycles. The second-order valence-corrected chi connectivity index (χ2v) is 4.69. The van der Waals surface area contributed by atoms with E-state index < -0.39 is 0 Å². The van der Waals surface area contributed by atoms with Crippen LogP contribution in [0.1, 0.15) is 10.4 Å². The number of rotatable bonds is 3. The predicted octanol–water partition coefficient (Wildman–Crippen LogP) is 2.11. The Balaban J connectivity index is 1.79. The van der Waals surface area contributed by atoms with E-state index in [9.17, 15) is 4.79 Å². The number of carbonyl (C=O) groups excluding carboxylic acids is 1. The third-order valence-electron chi connectivity index (χ3n) is 2.92. The van der Waals surface area contributed by atoms with E-state index in [2.05, 4.69) is 25.6 Å². The fourth-order valence-corrected chi connectivity index (χ4v) is 2.00. The Morgan fingerprint density at radius 1 is 1.38 bits per heavy atom. The van der Waals surface area contributed by atoms with Gasteiger partial charge in [-0.25, -0.2) is 0 Å². The van der Waals surface area contributed by atoms with Gasteiger partial charge in [0, 0.05) is 31.1 Å². The van der Waals surface area contributed by atoms with Crippen LogP contribution in [-0.4, -0.2) is 30.9 Å². The zero-order chi connectivity index (χ0) is 14.8. The molecule has 0 radical (unpaired) electrons. The standard InChI is InChI=1S/C13H11ClN6O/c1-20-12(14)9(7-16-20)13(21)17-11-6-10(18-19-11)8-2-4-15-5-3-8/h2-7H,1H3,(H2,17,18,19,21). The number of aryl methyl sites for hydroxylation is 1. The van der Waals surface area contributed by atoms with Crippen LogP contribution in [-0.2, 0) is 7.05 Å². The highest BCUT2D eigenvalue weighted by Crippen LogP contribution is 2.20. The van der Waals surface area contributed by atoms with Crippen LogP contribution in [0.15, 0.2) is 36.8 Å². The van der Waals surface area contributed by atoms with Gasteiger partial charge in [0.25, 0.3) is 5.91 Å². The number of anilines is 1. The smallest absolute Gasteiger partial charge is 0.261 e. The number of halogens is 1. The van der Waals surface area contributed by atoms with Gasteiger partial charge in [-0.15, -0.1) is 0 Å². The van der Waals surface area contributed by atoms with Gasteiger partial charge in [-0.1, -0.05) is 11.6 Å². The summed E-state index contributed by atoms with van der Waals surface area (Å²) in [5.41, 5.74) is 2.01. The molecule has 0 saturated heterocycles. The van der Waals surface area contributed by atoms with Crippen LogP contribution in [0.3, 0.4) is 0 Å². The van der Waals surface area contributed by atoms with E-state index in [-0.39, 0.29) is 11.1 Å². The second kappa shape index (κ2) is 5.37. The number of H-pyrrole nitrogens is 1. The van der Waals surface area contributed by atoms with Gasteiger partial charge >= 0.3 is 0 Å². The Hall–Kier alpha value is -2.67. The van der Waals surface area contributed by atoms with Crippen molar-refractivity contribution in [3.8, 4) is 11.3 Å². The van der Waals surface area contributed by atoms with E-state index in [4.69, 9.17) is 11.6 Å². The highest BCUT2D eigenvalue weighted by molar-refractivity contribution is 6.33. The highest BCUT2D eigenvalue weighted by Gasteiger charge is 2.15. The number of hydrogen-bond donors (Lipinski definition) is 2. The third-order valence-corrected chi connectivity index (χ3v) is 3.37. The maximum atomic E-state index is 12.1. The third kappa shape index (κ3) is 2.63. The molecular formula is C13H11ClN6O. The Morgan fingerprint density at radius 2 is 2.14 bits per heavy atom. The number of hydrogen-bond acceptors (Lipinski definition) is 4. The summed E-state index contributed by atoms with van der Waals surface area (Å²) in [6.45, 7) is 0. The molecule has 3 aromatic heterocycles. The molecule has 0 aliphatic carbocycles. The van der Waals surface area contributed by atoms with Gasteiger partial charge in [-0.05, 0) is 12.1 Å². The SMILES string of the molecule is Cn1ncc(C(=O)Nc2cc(-c3ccncc3)[nH]n2)c1Cl. The van der Waals surface area contributed by atoms with E-state index in [1.54, 1.807) is 25.5 Å². The molecule has 106 valence electrons. The topological polar surface area (TPSA) is 88.5 Å². The number of pyridine rings is 1. The normalized spacial score (nSPS) is 10.6. The summed E-state index contributed by atoms with van der Waals surface area (Å²) in [6, 6.07) is 5.42. The molecule has 8 heteroatoms. The molecule has 0 unspecified atom stereocenters. The van der Waals surface area contributed by atoms with E-state index >= 15 is 0 Å². The lowest BCUT2D eigenvalue weighted by Crippen LogP contribution is -2.12. The summed E-state index contributed by atoms with van der Waals surface area (Å²) in [6.07, 6.45) is 4.78. The molecule has 1 amide bonds. The van der Waals surface area contributed by atoms with Gasteiger partial charge in [0.2, 0.25) is 0 Å². The maximum absolute atomic E-state index is 12.1. The van der Waals surface area contributed by atoms with Crippen molar-refractivity contribution in [2.75, 3.05) is 5.32 Å². The minimum atomic E-state index is -0.360. The van der Waals surface area contributed by atoms with Crippen LogP contribution >= 0.6 is 11.6 Å². The molecule has 3 rings (SSSR count). The zero-order valence-corrected chi connectivity index (χ0v) is 11.8. The summed E-state index contributed by atoms with van der Waals surface area (Å²) < 4.78 is 1.42. The molecule has 0 aliphatic heterocycles. The summed E-state index contributed by atoms with van der Waals surface area (Å²) in [4.78, 5) is 16.0. The molecule has 3 aromatic rings. The molecule has 0 bridgehead atoms. The molecule has 0 aromatic carbocycles. The van der Waals surface area contributed by atoms with E-state index in [1.165, 1.54) is 10.9 Å². The zero-order valence-electron chi connectivity index (χ0n) is 11.0. The van der Waals surface area contributed by atoms with Crippen LogP contribution in [0, 0.1) is 0 Å². The van der Waals surface area contributed by atoms with Gasteiger partial charge in [0.1, 0.15) is 5.15 Å². The number of carbonyl (C=O) groups is 1. The van der Waals surface area contributed by atoms with Crippen molar-refractivity contribution in [1.82, 2.24) is 25.0 Å². The Morgan fingerprint density at radius 3 is 2.81 bits per heavy atom. The van der Waals surface area contributed by atoms with Crippen molar-refractivity contribution in [3.05, 3.63) is 47.5 Å². The number of nitrogens with one attached hydrogen (secondary N) is 2. The first kappa shape index (κ1) is 13.3. The summed E-state index contributed by atoms with van der Waals surface area (Å²) in [5, 5.41) is 13.8. The lowest BCUT2D eigenvalue weighted by atomic mass is 10.2. The van der Waals surface area contributed by atoms with E-state index in [1.807, 2.05) is 12.1 Å². The van der Waals surface area contributed by atoms with Crippen LogP contribution in [0.4, 0.5) is 5.82 Å². The first-order valence-electron chi connectivity index (χ1n) is 6.10. The average Bonchev–Trinajstić information content (AvgIpc) is 3.08.